The smallest absolute Gasteiger partial charge is 0.258 e. The first-order valence-corrected chi connectivity index (χ1v) is 7.48. The summed E-state index contributed by atoms with van der Waals surface area (Å²) in [5.41, 5.74) is 3.03. The Hall–Kier alpha value is -2.16. The molecule has 3 nitrogen and oxygen atoms in total. The molecule has 0 N–H and O–H groups in total. The molecule has 21 heavy (non-hydrogen) atoms. The van der Waals surface area contributed by atoms with Crippen molar-refractivity contribution in [3.63, 3.8) is 0 Å². The van der Waals surface area contributed by atoms with E-state index in [1.165, 1.54) is 35.5 Å². The molecule has 0 saturated heterocycles. The van der Waals surface area contributed by atoms with Gasteiger partial charge in [-0.25, -0.2) is 4.90 Å². The van der Waals surface area contributed by atoms with Crippen molar-refractivity contribution >= 4 is 17.5 Å². The van der Waals surface area contributed by atoms with Crippen LogP contribution in [0.15, 0.2) is 42.5 Å². The third-order valence-corrected chi connectivity index (χ3v) is 4.98. The van der Waals surface area contributed by atoms with Crippen LogP contribution < -0.4 is 4.90 Å². The average Bonchev–Trinajstić information content (AvgIpc) is 3.16. The van der Waals surface area contributed by atoms with Gasteiger partial charge in [0.2, 0.25) is 0 Å². The lowest BCUT2D eigenvalue weighted by molar-refractivity contribution is -0.119. The molecular formula is C18H17NO2. The van der Waals surface area contributed by atoms with Crippen LogP contribution in [0.4, 0.5) is 5.69 Å². The van der Waals surface area contributed by atoms with E-state index < -0.39 is 0 Å². The number of hydrogen-bond donors (Lipinski definition) is 0. The van der Waals surface area contributed by atoms with Gasteiger partial charge in [-0.05, 0) is 54.7 Å². The van der Waals surface area contributed by atoms with E-state index in [-0.39, 0.29) is 11.8 Å². The molecule has 3 heteroatoms. The maximum absolute atomic E-state index is 11.8. The maximum Gasteiger partial charge on any atom is 0.258 e. The average molecular weight is 279 g/mol. The van der Waals surface area contributed by atoms with Gasteiger partial charge in [-0.1, -0.05) is 24.3 Å². The van der Waals surface area contributed by atoms with Crippen LogP contribution in [-0.4, -0.2) is 11.8 Å². The fourth-order valence-corrected chi connectivity index (χ4v) is 3.96. The summed E-state index contributed by atoms with van der Waals surface area (Å²) in [7, 11) is 0. The lowest BCUT2D eigenvalue weighted by Crippen LogP contribution is -2.30. The Bertz CT molecular complexity index is 683. The van der Waals surface area contributed by atoms with Crippen LogP contribution in [0.2, 0.25) is 0 Å². The predicted octanol–water partition coefficient (Wildman–Crippen LogP) is 3.10. The summed E-state index contributed by atoms with van der Waals surface area (Å²) >= 11 is 0. The molecule has 1 heterocycles. The quantitative estimate of drug-likeness (QED) is 0.616. The van der Waals surface area contributed by atoms with Crippen molar-refractivity contribution in [3.8, 4) is 0 Å². The molecule has 2 aliphatic carbocycles. The van der Waals surface area contributed by atoms with Crippen molar-refractivity contribution in [2.45, 2.75) is 25.7 Å². The Kier molecular flexibility index (Phi) is 2.64. The lowest BCUT2D eigenvalue weighted by atomic mass is 9.86. The van der Waals surface area contributed by atoms with Gasteiger partial charge >= 0.3 is 0 Å². The normalized spacial score (nSPS) is 30.0. The van der Waals surface area contributed by atoms with Crippen LogP contribution in [0.5, 0.6) is 0 Å². The second-order valence-electron chi connectivity index (χ2n) is 6.28. The lowest BCUT2D eigenvalue weighted by Gasteiger charge is -2.22. The van der Waals surface area contributed by atoms with E-state index in [2.05, 4.69) is 24.3 Å². The van der Waals surface area contributed by atoms with Gasteiger partial charge in [0.1, 0.15) is 0 Å². The van der Waals surface area contributed by atoms with E-state index in [0.717, 1.165) is 11.5 Å². The zero-order valence-electron chi connectivity index (χ0n) is 12.0. The molecule has 1 saturated carbocycles. The minimum atomic E-state index is -0.251. The van der Waals surface area contributed by atoms with Gasteiger partial charge in [0.25, 0.3) is 11.8 Å². The van der Waals surface area contributed by atoms with Gasteiger partial charge in [0, 0.05) is 12.2 Å². The summed E-state index contributed by atoms with van der Waals surface area (Å²) in [4.78, 5) is 24.8. The number of nitrogens with zero attached hydrogens (tertiary/aromatic N) is 1. The molecule has 3 atom stereocenters. The van der Waals surface area contributed by atoms with E-state index in [9.17, 15) is 9.59 Å². The number of aryl methyl sites for hydroxylation is 1. The number of benzene rings is 1. The minimum absolute atomic E-state index is 0.251. The number of anilines is 1. The number of carbonyl (C=O) groups is 2. The third kappa shape index (κ3) is 1.88. The highest BCUT2D eigenvalue weighted by atomic mass is 16.2. The van der Waals surface area contributed by atoms with Crippen molar-refractivity contribution in [1.29, 1.82) is 0 Å². The molecule has 3 unspecified atom stereocenters. The number of carbonyl (C=O) groups excluding carboxylic acids is 2. The van der Waals surface area contributed by atoms with Crippen molar-refractivity contribution in [3.05, 3.63) is 53.6 Å². The molecule has 3 aliphatic rings. The number of rotatable bonds is 2. The first-order valence-electron chi connectivity index (χ1n) is 7.48. The maximum atomic E-state index is 11.8. The SMILES string of the molecule is Cc1cc(C2CC3C=CC2C3)ccc1N1C(=O)C=CC1=O. The number of imide groups is 1. The van der Waals surface area contributed by atoms with Crippen molar-refractivity contribution < 1.29 is 9.59 Å². The van der Waals surface area contributed by atoms with Gasteiger partial charge in [0.05, 0.1) is 5.69 Å². The molecule has 0 radical (unpaired) electrons. The zero-order valence-corrected chi connectivity index (χ0v) is 12.0. The monoisotopic (exact) mass is 279 g/mol. The highest BCUT2D eigenvalue weighted by molar-refractivity contribution is 6.28. The largest absolute Gasteiger partial charge is 0.269 e. The Morgan fingerprint density at radius 3 is 2.38 bits per heavy atom. The van der Waals surface area contributed by atoms with E-state index in [1.54, 1.807) is 0 Å². The summed E-state index contributed by atoms with van der Waals surface area (Å²) in [6.07, 6.45) is 9.85. The van der Waals surface area contributed by atoms with E-state index in [4.69, 9.17) is 0 Å². The Labute approximate surface area is 123 Å². The van der Waals surface area contributed by atoms with Crippen LogP contribution in [0.25, 0.3) is 0 Å². The van der Waals surface area contributed by atoms with E-state index in [1.807, 2.05) is 13.0 Å². The van der Waals surface area contributed by atoms with Gasteiger partial charge < -0.3 is 0 Å². The second kappa shape index (κ2) is 4.42. The number of amides is 2. The van der Waals surface area contributed by atoms with Crippen molar-refractivity contribution in [1.82, 2.24) is 0 Å². The molecule has 106 valence electrons. The number of hydrogen-bond acceptors (Lipinski definition) is 2. The molecule has 0 aromatic heterocycles. The van der Waals surface area contributed by atoms with Crippen LogP contribution in [0.3, 0.4) is 0 Å². The molecule has 2 amide bonds. The highest BCUT2D eigenvalue weighted by Crippen LogP contribution is 2.49. The molecule has 1 aromatic rings. The molecule has 1 aromatic carbocycles. The Morgan fingerprint density at radius 1 is 1.05 bits per heavy atom. The summed E-state index contributed by atoms with van der Waals surface area (Å²) in [5, 5.41) is 0. The zero-order chi connectivity index (χ0) is 14.6. The molecule has 2 bridgehead atoms. The highest BCUT2D eigenvalue weighted by Gasteiger charge is 2.36. The fourth-order valence-electron chi connectivity index (χ4n) is 3.96. The van der Waals surface area contributed by atoms with Crippen molar-refractivity contribution in [2.24, 2.45) is 11.8 Å². The minimum Gasteiger partial charge on any atom is -0.269 e. The van der Waals surface area contributed by atoms with Crippen LogP contribution >= 0.6 is 0 Å². The van der Waals surface area contributed by atoms with Crippen LogP contribution in [-0.2, 0) is 9.59 Å². The molecule has 0 spiro atoms. The van der Waals surface area contributed by atoms with E-state index in [0.29, 0.717) is 17.5 Å². The van der Waals surface area contributed by atoms with E-state index >= 15 is 0 Å². The summed E-state index contributed by atoms with van der Waals surface area (Å²) < 4.78 is 0. The first kappa shape index (κ1) is 12.6. The first-order chi connectivity index (χ1) is 10.1. The standard InChI is InChI=1S/C18H17NO2/c1-11-8-13(15-10-12-2-3-14(15)9-12)4-5-16(11)19-17(20)6-7-18(19)21/h2-8,12,14-15H,9-10H2,1H3. The Balaban J connectivity index is 1.66. The summed E-state index contributed by atoms with van der Waals surface area (Å²) in [6.45, 7) is 1.97. The van der Waals surface area contributed by atoms with Crippen LogP contribution in [0.1, 0.15) is 29.9 Å². The van der Waals surface area contributed by atoms with Crippen LogP contribution in [0, 0.1) is 18.8 Å². The van der Waals surface area contributed by atoms with Gasteiger partial charge in [-0.2, -0.15) is 0 Å². The second-order valence-corrected chi connectivity index (χ2v) is 6.28. The number of fused-ring (bicyclic) bond motifs is 2. The number of allylic oxidation sites excluding steroid dienone is 2. The molecular weight excluding hydrogens is 262 g/mol. The summed E-state index contributed by atoms with van der Waals surface area (Å²) in [5.74, 6) is 1.50. The molecule has 1 aliphatic heterocycles. The molecule has 4 rings (SSSR count). The third-order valence-electron chi connectivity index (χ3n) is 4.98. The summed E-state index contributed by atoms with van der Waals surface area (Å²) in [6, 6.07) is 6.15. The Morgan fingerprint density at radius 2 is 1.81 bits per heavy atom. The van der Waals surface area contributed by atoms with Gasteiger partial charge in [-0.15, -0.1) is 0 Å². The van der Waals surface area contributed by atoms with Gasteiger partial charge in [-0.3, -0.25) is 9.59 Å². The molecule has 1 fully saturated rings. The van der Waals surface area contributed by atoms with Gasteiger partial charge in [0.15, 0.2) is 0 Å². The topological polar surface area (TPSA) is 37.4 Å². The predicted molar refractivity (Wildman–Crippen MR) is 80.9 cm³/mol. The van der Waals surface area contributed by atoms with Crippen molar-refractivity contribution in [2.75, 3.05) is 4.90 Å². The fraction of sp³-hybridized carbons (Fsp3) is 0.333.